The Hall–Kier alpha value is -7.12. The molecule has 3 nitrogen and oxygen atoms in total. The van der Waals surface area contributed by atoms with Crippen molar-refractivity contribution in [2.24, 2.45) is 0 Å². The van der Waals surface area contributed by atoms with E-state index >= 15 is 0 Å². The molecule has 0 N–H and O–H groups in total. The smallest absolute Gasteiger partial charge is 0.332 e. The first-order valence-corrected chi connectivity index (χ1v) is 25.8. The summed E-state index contributed by atoms with van der Waals surface area (Å²) in [5.41, 5.74) is 22.4. The topological polar surface area (TPSA) is 11.4 Å². The zero-order valence-corrected chi connectivity index (χ0v) is 40.9. The minimum Gasteiger partial charge on any atom is -0.378 e. The molecule has 3 aliphatic heterocycles. The molecular formula is C63H48BN3S2. The highest BCUT2D eigenvalue weighted by atomic mass is 32.2. The number of aromatic nitrogens is 1. The summed E-state index contributed by atoms with van der Waals surface area (Å²) in [6, 6.07) is 75.4. The van der Waals surface area contributed by atoms with Crippen molar-refractivity contribution in [1.29, 1.82) is 0 Å². The minimum absolute atomic E-state index is 0.0491. The van der Waals surface area contributed by atoms with Gasteiger partial charge in [-0.25, -0.2) is 0 Å². The van der Waals surface area contributed by atoms with E-state index in [4.69, 9.17) is 0 Å². The average molecular weight is 922 g/mol. The number of benzene rings is 9. The maximum absolute atomic E-state index is 2.80. The van der Waals surface area contributed by atoms with Crippen LogP contribution in [0.2, 0.25) is 0 Å². The molecule has 330 valence electrons. The van der Waals surface area contributed by atoms with Gasteiger partial charge in [0.2, 0.25) is 0 Å². The van der Waals surface area contributed by atoms with Crippen molar-refractivity contribution in [3.05, 3.63) is 217 Å². The predicted molar refractivity (Wildman–Crippen MR) is 294 cm³/mol. The Balaban J connectivity index is 1.15. The number of anilines is 6. The predicted octanol–water partition coefficient (Wildman–Crippen LogP) is 16.4. The number of fused-ring (bicyclic) bond motifs is 11. The molecule has 0 atom stereocenters. The van der Waals surface area contributed by atoms with Crippen LogP contribution < -0.4 is 20.7 Å². The van der Waals surface area contributed by atoms with Gasteiger partial charge >= 0.3 is 6.85 Å². The van der Waals surface area contributed by atoms with E-state index < -0.39 is 0 Å². The summed E-state index contributed by atoms with van der Waals surface area (Å²) >= 11 is 3.82. The van der Waals surface area contributed by atoms with E-state index in [0.717, 1.165) is 17.1 Å². The summed E-state index contributed by atoms with van der Waals surface area (Å²) in [4.78, 5) is 10.3. The Bertz CT molecular complexity index is 3720. The van der Waals surface area contributed by atoms with Crippen LogP contribution in [-0.4, -0.2) is 11.3 Å². The molecule has 0 saturated heterocycles. The lowest BCUT2D eigenvalue weighted by atomic mass is 9.44. The molecular weight excluding hydrogens is 874 g/mol. The zero-order chi connectivity index (χ0) is 46.3. The van der Waals surface area contributed by atoms with Crippen molar-refractivity contribution in [2.75, 3.05) is 9.80 Å². The van der Waals surface area contributed by atoms with E-state index in [1.165, 1.54) is 109 Å². The third-order valence-corrected chi connectivity index (χ3v) is 17.6. The molecule has 0 amide bonds. The zero-order valence-electron chi connectivity index (χ0n) is 39.3. The van der Waals surface area contributed by atoms with Crippen LogP contribution >= 0.6 is 23.5 Å². The van der Waals surface area contributed by atoms with Gasteiger partial charge in [0.15, 0.2) is 0 Å². The fraction of sp³-hybridized carbons (Fsp3) is 0.111. The summed E-state index contributed by atoms with van der Waals surface area (Å²) < 4.78 is 2.80. The van der Waals surface area contributed by atoms with Crippen LogP contribution in [0.4, 0.5) is 34.1 Å². The minimum atomic E-state index is -0.241. The molecule has 1 aromatic heterocycles. The van der Waals surface area contributed by atoms with Gasteiger partial charge in [0.05, 0.1) is 5.69 Å². The van der Waals surface area contributed by atoms with E-state index in [0.29, 0.717) is 0 Å². The quantitative estimate of drug-likeness (QED) is 0.159. The molecule has 4 heterocycles. The van der Waals surface area contributed by atoms with Gasteiger partial charge < -0.3 is 14.3 Å². The highest BCUT2D eigenvalue weighted by Gasteiger charge is 2.49. The second-order valence-corrected chi connectivity index (χ2v) is 22.7. The summed E-state index contributed by atoms with van der Waals surface area (Å²) in [6.07, 6.45) is 0. The molecule has 6 heteroatoms. The Labute approximate surface area is 413 Å². The Kier molecular flexibility index (Phi) is 8.86. The number of nitrogens with zero attached hydrogens (tertiary/aromatic N) is 3. The van der Waals surface area contributed by atoms with Gasteiger partial charge in [-0.3, -0.25) is 0 Å². The largest absolute Gasteiger partial charge is 0.378 e. The molecule has 9 aromatic carbocycles. The molecule has 1 aliphatic carbocycles. The lowest BCUT2D eigenvalue weighted by Gasteiger charge is -2.43. The van der Waals surface area contributed by atoms with Crippen LogP contribution in [0.3, 0.4) is 0 Å². The van der Waals surface area contributed by atoms with Crippen molar-refractivity contribution >= 4 is 86.3 Å². The normalized spacial score (nSPS) is 14.4. The van der Waals surface area contributed by atoms with Gasteiger partial charge in [0.1, 0.15) is 0 Å². The summed E-state index contributed by atoms with van der Waals surface area (Å²) in [5, 5.41) is 1.33. The van der Waals surface area contributed by atoms with E-state index in [1.54, 1.807) is 0 Å². The Morgan fingerprint density at radius 3 is 1.81 bits per heavy atom. The molecule has 0 radical (unpaired) electrons. The van der Waals surface area contributed by atoms with Gasteiger partial charge in [-0.05, 0) is 117 Å². The van der Waals surface area contributed by atoms with Crippen molar-refractivity contribution in [1.82, 2.24) is 4.48 Å². The first kappa shape index (κ1) is 40.9. The highest BCUT2D eigenvalue weighted by molar-refractivity contribution is 8.05. The van der Waals surface area contributed by atoms with E-state index in [2.05, 4.69) is 249 Å². The second kappa shape index (κ2) is 14.9. The standard InChI is InChI=1S/C63H48BN3S2/c1-62(2,3)40-32-33-51(47(34-40)39-20-9-6-10-21-39)66-52-38-57-56(68-54-30-17-18-31-55(54)69-57)37-50(52)64-59-48(35-43(36-53(59)66)65(41-22-11-7-12-23-41)42-24-13-8-14-25-42)44-27-19-28-46-58-45-26-15-16-29-49(45)63(4,5)61(58)67(64)60(44)46/h6-38H,1-5H3. The maximum Gasteiger partial charge on any atom is 0.332 e. The molecule has 0 bridgehead atoms. The van der Waals surface area contributed by atoms with Crippen molar-refractivity contribution in [3.8, 4) is 33.4 Å². The lowest BCUT2D eigenvalue weighted by Crippen LogP contribution is -2.58. The number of hydrogen-bond donors (Lipinski definition) is 0. The van der Waals surface area contributed by atoms with Gasteiger partial charge in [-0.1, -0.05) is 186 Å². The highest BCUT2D eigenvalue weighted by Crippen LogP contribution is 2.58. The Morgan fingerprint density at radius 1 is 0.493 bits per heavy atom. The molecule has 4 aliphatic rings. The fourth-order valence-corrected chi connectivity index (χ4v) is 14.3. The van der Waals surface area contributed by atoms with Crippen LogP contribution in [0.5, 0.6) is 0 Å². The molecule has 0 unspecified atom stereocenters. The first-order chi connectivity index (χ1) is 33.6. The molecule has 0 saturated carbocycles. The molecule has 10 aromatic rings. The number of hydrogen-bond acceptors (Lipinski definition) is 4. The molecule has 0 spiro atoms. The maximum atomic E-state index is 2.80. The third-order valence-electron chi connectivity index (χ3n) is 15.1. The van der Waals surface area contributed by atoms with Crippen molar-refractivity contribution < 1.29 is 0 Å². The molecule has 0 fully saturated rings. The van der Waals surface area contributed by atoms with E-state index in [9.17, 15) is 0 Å². The molecule has 14 rings (SSSR count). The summed E-state index contributed by atoms with van der Waals surface area (Å²) in [5.74, 6) is 0. The fourth-order valence-electron chi connectivity index (χ4n) is 12.0. The molecule has 69 heavy (non-hydrogen) atoms. The van der Waals surface area contributed by atoms with Crippen LogP contribution in [-0.2, 0) is 10.8 Å². The number of rotatable bonds is 5. The van der Waals surface area contributed by atoms with E-state index in [1.807, 2.05) is 23.5 Å². The monoisotopic (exact) mass is 921 g/mol. The first-order valence-electron chi connectivity index (χ1n) is 24.1. The van der Waals surface area contributed by atoms with Gasteiger partial charge in [0, 0.05) is 86.7 Å². The summed E-state index contributed by atoms with van der Waals surface area (Å²) in [6.45, 7) is 11.8. The van der Waals surface area contributed by atoms with Gasteiger partial charge in [0.25, 0.3) is 0 Å². The van der Waals surface area contributed by atoms with E-state index in [-0.39, 0.29) is 17.7 Å². The van der Waals surface area contributed by atoms with Crippen molar-refractivity contribution in [3.63, 3.8) is 0 Å². The van der Waals surface area contributed by atoms with Gasteiger partial charge in [-0.2, -0.15) is 0 Å². The lowest BCUT2D eigenvalue weighted by molar-refractivity contribution is 0.590. The van der Waals surface area contributed by atoms with Crippen LogP contribution in [0.1, 0.15) is 51.4 Å². The van der Waals surface area contributed by atoms with Gasteiger partial charge in [-0.15, -0.1) is 0 Å². The Morgan fingerprint density at radius 2 is 1.12 bits per heavy atom. The van der Waals surface area contributed by atoms with Crippen LogP contribution in [0.15, 0.2) is 220 Å². The van der Waals surface area contributed by atoms with Crippen LogP contribution in [0.25, 0.3) is 44.3 Å². The average Bonchev–Trinajstić information content (AvgIpc) is 3.85. The third kappa shape index (κ3) is 5.98. The van der Waals surface area contributed by atoms with Crippen LogP contribution in [0, 0.1) is 0 Å². The summed E-state index contributed by atoms with van der Waals surface area (Å²) in [7, 11) is 0. The second-order valence-electron chi connectivity index (χ2n) is 20.5. The SMILES string of the molecule is CC(C)(C)c1ccc(N2c3cc4c(cc3B3c5c(cc(N(c6ccccc6)c6ccccc6)cc52)-c2cccc5c6c(n3c25)C(C)(C)c2ccccc2-6)Sc2ccccc2S4)c(-c2ccccc2)c1. The number of para-hydroxylation sites is 3. The van der Waals surface area contributed by atoms with Crippen molar-refractivity contribution in [2.45, 2.75) is 65.0 Å².